The zero-order chi connectivity index (χ0) is 23.4. The summed E-state index contributed by atoms with van der Waals surface area (Å²) in [5, 5.41) is 11.0. The average Bonchev–Trinajstić information content (AvgIpc) is 2.75. The Labute approximate surface area is 190 Å². The highest BCUT2D eigenvalue weighted by atomic mass is 32.2. The molecule has 0 aromatic heterocycles. The van der Waals surface area contributed by atoms with Crippen LogP contribution in [-0.2, 0) is 26.1 Å². The van der Waals surface area contributed by atoms with Gasteiger partial charge in [-0.15, -0.1) is 0 Å². The van der Waals surface area contributed by atoms with Crippen LogP contribution < -0.4 is 0 Å². The van der Waals surface area contributed by atoms with Gasteiger partial charge in [0.15, 0.2) is 0 Å². The lowest BCUT2D eigenvalue weighted by atomic mass is 9.91. The fourth-order valence-electron chi connectivity index (χ4n) is 3.67. The maximum absolute atomic E-state index is 13.5. The number of carbonyl (C=O) groups excluding carboxylic acids is 1. The van der Waals surface area contributed by atoms with Crippen molar-refractivity contribution in [3.63, 3.8) is 0 Å². The van der Waals surface area contributed by atoms with E-state index in [0.29, 0.717) is 12.0 Å². The third kappa shape index (κ3) is 5.65. The molecule has 2 atom stereocenters. The summed E-state index contributed by atoms with van der Waals surface area (Å²) in [5.41, 5.74) is 0.704. The van der Waals surface area contributed by atoms with Crippen molar-refractivity contribution < 1.29 is 23.1 Å². The van der Waals surface area contributed by atoms with E-state index in [1.807, 2.05) is 44.2 Å². The normalized spacial score (nSPS) is 21.3. The van der Waals surface area contributed by atoms with E-state index in [4.69, 9.17) is 4.74 Å². The highest BCUT2D eigenvalue weighted by molar-refractivity contribution is 7.89. The lowest BCUT2D eigenvalue weighted by Gasteiger charge is -2.37. The van der Waals surface area contributed by atoms with Crippen LogP contribution >= 0.6 is 0 Å². The minimum Gasteiger partial charge on any atom is -0.454 e. The van der Waals surface area contributed by atoms with Crippen molar-refractivity contribution >= 4 is 16.0 Å². The second-order valence-corrected chi connectivity index (χ2v) is 10.4. The third-order valence-corrected chi connectivity index (χ3v) is 7.49. The largest absolute Gasteiger partial charge is 0.454 e. The molecule has 0 bridgehead atoms. The standard InChI is InChI=1S/C25H31NO5S/c1-4-5-11-21-16-25(3,28)23(31-24(21)27)18-26(17-20-9-7-6-8-10-20)32(29,30)22-14-12-19(2)13-15-22/h6-10,12-16,23,28H,4-5,11,17-18H2,1-3H3/t23-,25+/m0/s1. The number of aryl methyl sites for hydroxylation is 1. The van der Waals surface area contributed by atoms with Crippen LogP contribution in [0.5, 0.6) is 0 Å². The van der Waals surface area contributed by atoms with Gasteiger partial charge in [-0.3, -0.25) is 0 Å². The molecule has 1 N–H and O–H groups in total. The van der Waals surface area contributed by atoms with Gasteiger partial charge in [-0.1, -0.05) is 61.4 Å². The Morgan fingerprint density at radius 1 is 1.09 bits per heavy atom. The molecule has 0 unspecified atom stereocenters. The molecule has 32 heavy (non-hydrogen) atoms. The highest BCUT2D eigenvalue weighted by Gasteiger charge is 2.42. The Morgan fingerprint density at radius 3 is 2.38 bits per heavy atom. The lowest BCUT2D eigenvalue weighted by molar-refractivity contribution is -0.159. The van der Waals surface area contributed by atoms with E-state index in [2.05, 4.69) is 0 Å². The zero-order valence-corrected chi connectivity index (χ0v) is 19.6. The molecule has 2 aromatic carbocycles. The number of benzene rings is 2. The van der Waals surface area contributed by atoms with Crippen LogP contribution in [0.1, 0.15) is 44.2 Å². The summed E-state index contributed by atoms with van der Waals surface area (Å²) in [6, 6.07) is 15.8. The third-order valence-electron chi connectivity index (χ3n) is 5.66. The number of hydrogen-bond acceptors (Lipinski definition) is 5. The van der Waals surface area contributed by atoms with Crippen LogP contribution in [0.2, 0.25) is 0 Å². The summed E-state index contributed by atoms with van der Waals surface area (Å²) in [5.74, 6) is -0.498. The minimum atomic E-state index is -3.90. The summed E-state index contributed by atoms with van der Waals surface area (Å²) in [6.07, 6.45) is 2.75. The number of carbonyl (C=O) groups is 1. The Kier molecular flexibility index (Phi) is 7.54. The van der Waals surface area contributed by atoms with Crippen LogP contribution in [0.15, 0.2) is 71.1 Å². The van der Waals surface area contributed by atoms with Crippen LogP contribution in [0.4, 0.5) is 0 Å². The molecule has 6 nitrogen and oxygen atoms in total. The predicted octanol–water partition coefficient (Wildman–Crippen LogP) is 3.98. The Hall–Kier alpha value is -2.48. The van der Waals surface area contributed by atoms with Gasteiger partial charge >= 0.3 is 5.97 Å². The van der Waals surface area contributed by atoms with Gasteiger partial charge in [0.1, 0.15) is 11.7 Å². The van der Waals surface area contributed by atoms with E-state index in [0.717, 1.165) is 24.0 Å². The number of unbranched alkanes of at least 4 members (excludes halogenated alkanes) is 1. The van der Waals surface area contributed by atoms with Gasteiger partial charge in [0.2, 0.25) is 10.0 Å². The zero-order valence-electron chi connectivity index (χ0n) is 18.8. The SMILES string of the molecule is CCCCC1=C[C@@](C)(O)[C@H](CN(Cc2ccccc2)S(=O)(=O)c2ccc(C)cc2)OC1=O. The van der Waals surface area contributed by atoms with Crippen molar-refractivity contribution in [3.05, 3.63) is 77.4 Å². The molecular formula is C25H31NO5S. The molecule has 1 heterocycles. The lowest BCUT2D eigenvalue weighted by Crippen LogP contribution is -2.52. The van der Waals surface area contributed by atoms with Crippen LogP contribution in [0.3, 0.4) is 0 Å². The van der Waals surface area contributed by atoms with E-state index in [1.165, 1.54) is 10.4 Å². The molecule has 1 aliphatic rings. The van der Waals surface area contributed by atoms with E-state index < -0.39 is 27.7 Å². The summed E-state index contributed by atoms with van der Waals surface area (Å²) in [7, 11) is -3.90. The maximum atomic E-state index is 13.5. The van der Waals surface area contributed by atoms with E-state index >= 15 is 0 Å². The smallest absolute Gasteiger partial charge is 0.334 e. The summed E-state index contributed by atoms with van der Waals surface area (Å²) < 4.78 is 33.9. The molecule has 0 saturated heterocycles. The summed E-state index contributed by atoms with van der Waals surface area (Å²) in [6.45, 7) is 5.39. The fourth-order valence-corrected chi connectivity index (χ4v) is 5.10. The van der Waals surface area contributed by atoms with Gasteiger partial charge < -0.3 is 9.84 Å². The van der Waals surface area contributed by atoms with Crippen LogP contribution in [0, 0.1) is 6.92 Å². The summed E-state index contributed by atoms with van der Waals surface area (Å²) >= 11 is 0. The molecule has 7 heteroatoms. The van der Waals surface area contributed by atoms with Crippen molar-refractivity contribution in [1.29, 1.82) is 0 Å². The van der Waals surface area contributed by atoms with Crippen molar-refractivity contribution in [2.24, 2.45) is 0 Å². The molecule has 1 aliphatic heterocycles. The first-order valence-electron chi connectivity index (χ1n) is 10.9. The van der Waals surface area contributed by atoms with Gasteiger partial charge in [0, 0.05) is 12.1 Å². The van der Waals surface area contributed by atoms with E-state index in [9.17, 15) is 18.3 Å². The topological polar surface area (TPSA) is 83.9 Å². The van der Waals surface area contributed by atoms with E-state index in [1.54, 1.807) is 31.2 Å². The van der Waals surface area contributed by atoms with Gasteiger partial charge in [-0.2, -0.15) is 4.31 Å². The Bertz CT molecular complexity index is 1060. The van der Waals surface area contributed by atoms with E-state index in [-0.39, 0.29) is 18.0 Å². The maximum Gasteiger partial charge on any atom is 0.334 e. The van der Waals surface area contributed by atoms with Crippen molar-refractivity contribution in [1.82, 2.24) is 4.31 Å². The quantitative estimate of drug-likeness (QED) is 0.576. The number of sulfonamides is 1. The molecule has 0 radical (unpaired) electrons. The predicted molar refractivity (Wildman–Crippen MR) is 123 cm³/mol. The monoisotopic (exact) mass is 457 g/mol. The first-order chi connectivity index (χ1) is 15.1. The summed E-state index contributed by atoms with van der Waals surface area (Å²) in [4.78, 5) is 12.7. The van der Waals surface area contributed by atoms with Gasteiger partial charge in [-0.05, 0) is 50.5 Å². The van der Waals surface area contributed by atoms with Crippen molar-refractivity contribution in [2.75, 3.05) is 6.54 Å². The molecule has 0 amide bonds. The van der Waals surface area contributed by atoms with Crippen molar-refractivity contribution in [3.8, 4) is 0 Å². The van der Waals surface area contributed by atoms with Crippen molar-refractivity contribution in [2.45, 2.75) is 63.2 Å². The first kappa shape index (κ1) is 24.2. The number of nitrogens with zero attached hydrogens (tertiary/aromatic N) is 1. The number of ether oxygens (including phenoxy) is 1. The first-order valence-corrected chi connectivity index (χ1v) is 12.3. The number of hydrogen-bond donors (Lipinski definition) is 1. The number of cyclic esters (lactones) is 1. The number of esters is 1. The molecular weight excluding hydrogens is 426 g/mol. The van der Waals surface area contributed by atoms with Crippen LogP contribution in [0.25, 0.3) is 0 Å². The average molecular weight is 458 g/mol. The van der Waals surface area contributed by atoms with Gasteiger partial charge in [-0.25, -0.2) is 13.2 Å². The second-order valence-electron chi connectivity index (χ2n) is 8.49. The minimum absolute atomic E-state index is 0.0909. The number of rotatable bonds is 9. The Morgan fingerprint density at radius 2 is 1.75 bits per heavy atom. The molecule has 0 saturated carbocycles. The molecule has 0 spiro atoms. The molecule has 0 fully saturated rings. The molecule has 172 valence electrons. The highest BCUT2D eigenvalue weighted by Crippen LogP contribution is 2.29. The molecule has 0 aliphatic carbocycles. The number of aliphatic hydroxyl groups is 1. The Balaban J connectivity index is 1.93. The molecule has 2 aromatic rings. The second kappa shape index (κ2) is 9.98. The van der Waals surface area contributed by atoms with Crippen LogP contribution in [-0.4, -0.2) is 42.0 Å². The molecule has 3 rings (SSSR count). The fraction of sp³-hybridized carbons (Fsp3) is 0.400. The van der Waals surface area contributed by atoms with Gasteiger partial charge in [0.25, 0.3) is 0 Å². The van der Waals surface area contributed by atoms with Gasteiger partial charge in [0.05, 0.1) is 11.4 Å².